The lowest BCUT2D eigenvalue weighted by molar-refractivity contribution is -0.107. The van der Waals surface area contributed by atoms with Crippen LogP contribution in [0.2, 0.25) is 5.02 Å². The molecule has 0 saturated heterocycles. The minimum absolute atomic E-state index is 0.196. The Balaban J connectivity index is 2.92. The number of halogens is 2. The number of hydrogen-bond donors (Lipinski definition) is 1. The van der Waals surface area contributed by atoms with E-state index in [1.54, 1.807) is 13.2 Å². The molecule has 0 spiro atoms. The van der Waals surface area contributed by atoms with Crippen molar-refractivity contribution < 1.29 is 14.2 Å². The molecule has 1 atom stereocenters. The first-order chi connectivity index (χ1) is 8.49. The molecule has 0 heterocycles. The highest BCUT2D eigenvalue weighted by molar-refractivity contribution is 6.30. The van der Waals surface area contributed by atoms with E-state index in [0.29, 0.717) is 23.4 Å². The van der Waals surface area contributed by atoms with E-state index in [4.69, 9.17) is 16.3 Å². The molecule has 4 heteroatoms. The Kier molecular flexibility index (Phi) is 5.57. The molecule has 0 aliphatic carbocycles. The fraction of sp³-hybridized carbons (Fsp3) is 0.571. The van der Waals surface area contributed by atoms with Gasteiger partial charge in [0.2, 0.25) is 0 Å². The second-order valence-electron chi connectivity index (χ2n) is 4.43. The van der Waals surface area contributed by atoms with Gasteiger partial charge in [0, 0.05) is 18.6 Å². The second-order valence-corrected chi connectivity index (χ2v) is 4.87. The van der Waals surface area contributed by atoms with Crippen LogP contribution in [0.15, 0.2) is 18.2 Å². The highest BCUT2D eigenvalue weighted by Gasteiger charge is 2.34. The fourth-order valence-corrected chi connectivity index (χ4v) is 2.43. The quantitative estimate of drug-likeness (QED) is 0.859. The maximum atomic E-state index is 13.6. The zero-order valence-corrected chi connectivity index (χ0v) is 11.8. The van der Waals surface area contributed by atoms with Crippen LogP contribution in [0.25, 0.3) is 0 Å². The van der Waals surface area contributed by atoms with Crippen molar-refractivity contribution in [2.75, 3.05) is 7.11 Å². The van der Waals surface area contributed by atoms with Crippen LogP contribution in [0.3, 0.4) is 0 Å². The van der Waals surface area contributed by atoms with Crippen molar-refractivity contribution in [3.05, 3.63) is 34.6 Å². The number of aliphatic hydroxyl groups excluding tert-OH is 1. The topological polar surface area (TPSA) is 29.5 Å². The van der Waals surface area contributed by atoms with Crippen LogP contribution in [0.1, 0.15) is 32.3 Å². The molecule has 0 aliphatic rings. The third-order valence-corrected chi connectivity index (χ3v) is 3.87. The first-order valence-electron chi connectivity index (χ1n) is 6.16. The lowest BCUT2D eigenvalue weighted by Gasteiger charge is -2.35. The van der Waals surface area contributed by atoms with Crippen LogP contribution in [0.4, 0.5) is 4.39 Å². The van der Waals surface area contributed by atoms with Gasteiger partial charge >= 0.3 is 0 Å². The maximum Gasteiger partial charge on any atom is 0.126 e. The molecule has 102 valence electrons. The maximum absolute atomic E-state index is 13.6. The Bertz CT molecular complexity index is 383. The van der Waals surface area contributed by atoms with Gasteiger partial charge in [-0.1, -0.05) is 25.4 Å². The van der Waals surface area contributed by atoms with Crippen LogP contribution in [-0.4, -0.2) is 23.9 Å². The van der Waals surface area contributed by atoms with Crippen molar-refractivity contribution in [3.8, 4) is 0 Å². The van der Waals surface area contributed by atoms with Gasteiger partial charge in [-0.25, -0.2) is 4.39 Å². The molecule has 0 aliphatic heterocycles. The standard InChI is InChI=1S/C14H20ClFO2/c1-4-14(5-2,18-3)13(17)9-10-8-11(15)6-7-12(10)16/h6-8,13,17H,4-5,9H2,1-3H3. The normalized spacial score (nSPS) is 13.7. The highest BCUT2D eigenvalue weighted by Crippen LogP contribution is 2.27. The first-order valence-corrected chi connectivity index (χ1v) is 6.54. The minimum atomic E-state index is -0.759. The summed E-state index contributed by atoms with van der Waals surface area (Å²) in [7, 11) is 1.57. The summed E-state index contributed by atoms with van der Waals surface area (Å²) < 4.78 is 19.1. The van der Waals surface area contributed by atoms with Gasteiger partial charge in [-0.3, -0.25) is 0 Å². The predicted molar refractivity (Wildman–Crippen MR) is 71.4 cm³/mol. The summed E-state index contributed by atoms with van der Waals surface area (Å²) >= 11 is 5.84. The average molecular weight is 275 g/mol. The lowest BCUT2D eigenvalue weighted by atomic mass is 9.86. The molecule has 0 bridgehead atoms. The highest BCUT2D eigenvalue weighted by atomic mass is 35.5. The van der Waals surface area contributed by atoms with Gasteiger partial charge in [-0.15, -0.1) is 0 Å². The summed E-state index contributed by atoms with van der Waals surface area (Å²) in [6, 6.07) is 4.36. The number of hydrogen-bond acceptors (Lipinski definition) is 2. The summed E-state index contributed by atoms with van der Waals surface area (Å²) in [6.07, 6.45) is 0.777. The molecule has 1 N–H and O–H groups in total. The Morgan fingerprint density at radius 2 is 2.00 bits per heavy atom. The van der Waals surface area contributed by atoms with Crippen LogP contribution >= 0.6 is 11.6 Å². The van der Waals surface area contributed by atoms with Gasteiger partial charge in [-0.05, 0) is 36.6 Å². The number of aliphatic hydroxyl groups is 1. The molecular formula is C14H20ClFO2. The molecule has 1 aromatic carbocycles. The summed E-state index contributed by atoms with van der Waals surface area (Å²) in [5.74, 6) is -0.351. The van der Waals surface area contributed by atoms with E-state index in [1.165, 1.54) is 12.1 Å². The Hall–Kier alpha value is -0.640. The fourth-order valence-electron chi connectivity index (χ4n) is 2.24. The number of benzene rings is 1. The van der Waals surface area contributed by atoms with E-state index < -0.39 is 11.7 Å². The van der Waals surface area contributed by atoms with Crippen molar-refractivity contribution >= 4 is 11.6 Å². The molecule has 0 saturated carbocycles. The van der Waals surface area contributed by atoms with Gasteiger partial charge in [0.25, 0.3) is 0 Å². The lowest BCUT2D eigenvalue weighted by Crippen LogP contribution is -2.44. The Morgan fingerprint density at radius 3 is 2.50 bits per heavy atom. The van der Waals surface area contributed by atoms with Gasteiger partial charge in [-0.2, -0.15) is 0 Å². The SMILES string of the molecule is CCC(CC)(OC)C(O)Cc1cc(Cl)ccc1F. The van der Waals surface area contributed by atoms with E-state index >= 15 is 0 Å². The van der Waals surface area contributed by atoms with Gasteiger partial charge in [0.1, 0.15) is 5.82 Å². The van der Waals surface area contributed by atoms with E-state index in [0.717, 1.165) is 0 Å². The largest absolute Gasteiger partial charge is 0.390 e. The van der Waals surface area contributed by atoms with E-state index in [9.17, 15) is 9.50 Å². The summed E-state index contributed by atoms with van der Waals surface area (Å²) in [6.45, 7) is 3.90. The monoisotopic (exact) mass is 274 g/mol. The number of rotatable bonds is 6. The van der Waals surface area contributed by atoms with E-state index in [1.807, 2.05) is 13.8 Å². The molecule has 2 nitrogen and oxygen atoms in total. The first kappa shape index (κ1) is 15.4. The van der Waals surface area contributed by atoms with Crippen molar-refractivity contribution in [3.63, 3.8) is 0 Å². The van der Waals surface area contributed by atoms with Crippen molar-refractivity contribution in [1.29, 1.82) is 0 Å². The minimum Gasteiger partial charge on any atom is -0.390 e. The summed E-state index contributed by atoms with van der Waals surface area (Å²) in [5, 5.41) is 10.8. The predicted octanol–water partition coefficient (Wildman–Crippen LogP) is 3.59. The molecule has 18 heavy (non-hydrogen) atoms. The average Bonchev–Trinajstić information content (AvgIpc) is 2.37. The zero-order valence-electron chi connectivity index (χ0n) is 11.0. The van der Waals surface area contributed by atoms with E-state index in [2.05, 4.69) is 0 Å². The van der Waals surface area contributed by atoms with Gasteiger partial charge in [0.05, 0.1) is 11.7 Å². The molecular weight excluding hydrogens is 255 g/mol. The van der Waals surface area contributed by atoms with Crippen molar-refractivity contribution in [2.45, 2.75) is 44.8 Å². The van der Waals surface area contributed by atoms with Crippen LogP contribution in [0.5, 0.6) is 0 Å². The molecule has 0 aromatic heterocycles. The molecule has 0 fully saturated rings. The second kappa shape index (κ2) is 6.50. The summed E-state index contributed by atoms with van der Waals surface area (Å²) in [5.41, 5.74) is -0.215. The van der Waals surface area contributed by atoms with Gasteiger partial charge < -0.3 is 9.84 Å². The molecule has 0 radical (unpaired) electrons. The number of ether oxygens (including phenoxy) is 1. The third kappa shape index (κ3) is 3.22. The molecule has 1 rings (SSSR count). The van der Waals surface area contributed by atoms with E-state index in [-0.39, 0.29) is 12.2 Å². The zero-order chi connectivity index (χ0) is 13.8. The molecule has 0 amide bonds. The Morgan fingerprint density at radius 1 is 1.39 bits per heavy atom. The molecule has 1 unspecified atom stereocenters. The third-order valence-electron chi connectivity index (χ3n) is 3.63. The van der Waals surface area contributed by atoms with Crippen LogP contribution in [0, 0.1) is 5.82 Å². The summed E-state index contributed by atoms with van der Waals surface area (Å²) in [4.78, 5) is 0. The Labute approximate surface area is 113 Å². The number of methoxy groups -OCH3 is 1. The van der Waals surface area contributed by atoms with Crippen LogP contribution in [-0.2, 0) is 11.2 Å². The molecule has 1 aromatic rings. The van der Waals surface area contributed by atoms with Gasteiger partial charge in [0.15, 0.2) is 0 Å². The van der Waals surface area contributed by atoms with Crippen molar-refractivity contribution in [1.82, 2.24) is 0 Å². The smallest absolute Gasteiger partial charge is 0.126 e. The van der Waals surface area contributed by atoms with Crippen molar-refractivity contribution in [2.24, 2.45) is 0 Å². The van der Waals surface area contributed by atoms with Crippen LogP contribution < -0.4 is 0 Å².